The number of ether oxygens (including phenoxy) is 1. The molecule has 1 fully saturated rings. The first kappa shape index (κ1) is 14.2. The summed E-state index contributed by atoms with van der Waals surface area (Å²) in [5.74, 6) is 0.648. The van der Waals surface area contributed by atoms with Crippen molar-refractivity contribution in [2.75, 3.05) is 25.4 Å². The summed E-state index contributed by atoms with van der Waals surface area (Å²) in [6.07, 6.45) is 3.39. The van der Waals surface area contributed by atoms with Crippen molar-refractivity contribution in [3.63, 3.8) is 0 Å². The van der Waals surface area contributed by atoms with E-state index >= 15 is 0 Å². The zero-order valence-electron chi connectivity index (χ0n) is 11.1. The Hall–Kier alpha value is -1.23. The van der Waals surface area contributed by atoms with Crippen LogP contribution in [-0.2, 0) is 4.79 Å². The number of nitrogens with two attached hydrogens (primary N) is 1. The molecule has 0 spiro atoms. The highest BCUT2D eigenvalue weighted by molar-refractivity contribution is 9.10. The second-order valence-electron chi connectivity index (χ2n) is 4.87. The molecule has 2 N–H and O–H groups in total. The number of amides is 1. The van der Waals surface area contributed by atoms with Crippen molar-refractivity contribution in [2.24, 2.45) is 0 Å². The van der Waals surface area contributed by atoms with Gasteiger partial charge in [0.1, 0.15) is 5.75 Å². The zero-order chi connectivity index (χ0) is 13.8. The number of rotatable bonds is 3. The third-order valence-corrected chi connectivity index (χ3v) is 3.77. The third kappa shape index (κ3) is 3.62. The zero-order valence-corrected chi connectivity index (χ0v) is 12.7. The summed E-state index contributed by atoms with van der Waals surface area (Å²) in [5.41, 5.74) is 7.39. The molecule has 5 heteroatoms. The van der Waals surface area contributed by atoms with Gasteiger partial charge in [0, 0.05) is 17.6 Å². The molecule has 0 unspecified atom stereocenters. The first-order valence-corrected chi connectivity index (χ1v) is 7.33. The van der Waals surface area contributed by atoms with Crippen molar-refractivity contribution in [3.8, 4) is 5.75 Å². The normalized spacial score (nSPS) is 15.4. The average Bonchev–Trinajstić information content (AvgIpc) is 2.38. The maximum atomic E-state index is 12.0. The van der Waals surface area contributed by atoms with Crippen LogP contribution in [0.15, 0.2) is 16.6 Å². The lowest BCUT2D eigenvalue weighted by atomic mass is 10.1. The number of hydrogen-bond acceptors (Lipinski definition) is 3. The van der Waals surface area contributed by atoms with Gasteiger partial charge in [-0.2, -0.15) is 0 Å². The number of hydrogen-bond donors (Lipinski definition) is 1. The lowest BCUT2D eigenvalue weighted by Crippen LogP contribution is -2.38. The van der Waals surface area contributed by atoms with Crippen LogP contribution in [0.4, 0.5) is 5.69 Å². The van der Waals surface area contributed by atoms with E-state index in [2.05, 4.69) is 15.9 Å². The van der Waals surface area contributed by atoms with E-state index in [-0.39, 0.29) is 12.5 Å². The fraction of sp³-hybridized carbons (Fsp3) is 0.500. The van der Waals surface area contributed by atoms with Gasteiger partial charge in [0.25, 0.3) is 5.91 Å². The van der Waals surface area contributed by atoms with Gasteiger partial charge in [-0.25, -0.2) is 0 Å². The van der Waals surface area contributed by atoms with Gasteiger partial charge in [0.2, 0.25) is 0 Å². The smallest absolute Gasteiger partial charge is 0.260 e. The highest BCUT2D eigenvalue weighted by atomic mass is 79.9. The second kappa shape index (κ2) is 6.28. The second-order valence-corrected chi connectivity index (χ2v) is 5.79. The quantitative estimate of drug-likeness (QED) is 0.869. The number of halogens is 1. The first-order valence-electron chi connectivity index (χ1n) is 6.54. The van der Waals surface area contributed by atoms with Crippen LogP contribution in [0, 0.1) is 6.92 Å². The summed E-state index contributed by atoms with van der Waals surface area (Å²) < 4.78 is 6.51. The minimum Gasteiger partial charge on any atom is -0.481 e. The highest BCUT2D eigenvalue weighted by Gasteiger charge is 2.17. The van der Waals surface area contributed by atoms with Crippen LogP contribution in [0.25, 0.3) is 0 Å². The Morgan fingerprint density at radius 3 is 2.68 bits per heavy atom. The first-order chi connectivity index (χ1) is 9.08. The largest absolute Gasteiger partial charge is 0.481 e. The van der Waals surface area contributed by atoms with Crippen LogP contribution in [-0.4, -0.2) is 30.5 Å². The maximum absolute atomic E-state index is 12.0. The molecule has 1 heterocycles. The molecule has 0 radical (unpaired) electrons. The number of nitrogen functional groups attached to an aromatic ring is 1. The SMILES string of the molecule is Cc1cc(Br)cc(N)c1OCC(=O)N1CCCCC1. The van der Waals surface area contributed by atoms with E-state index < -0.39 is 0 Å². The monoisotopic (exact) mass is 326 g/mol. The van der Waals surface area contributed by atoms with Crippen molar-refractivity contribution in [1.82, 2.24) is 4.90 Å². The summed E-state index contributed by atoms with van der Waals surface area (Å²) in [6, 6.07) is 3.71. The molecule has 104 valence electrons. The lowest BCUT2D eigenvalue weighted by molar-refractivity contribution is -0.134. The van der Waals surface area contributed by atoms with Gasteiger partial charge in [-0.3, -0.25) is 4.79 Å². The average molecular weight is 327 g/mol. The molecule has 2 rings (SSSR count). The summed E-state index contributed by atoms with van der Waals surface area (Å²) in [7, 11) is 0. The maximum Gasteiger partial charge on any atom is 0.260 e. The van der Waals surface area contributed by atoms with E-state index in [9.17, 15) is 4.79 Å². The Kier molecular flexibility index (Phi) is 4.69. The molecule has 1 aromatic carbocycles. The molecule has 0 bridgehead atoms. The summed E-state index contributed by atoms with van der Waals surface area (Å²) in [6.45, 7) is 3.67. The van der Waals surface area contributed by atoms with Gasteiger partial charge in [-0.1, -0.05) is 15.9 Å². The minimum absolute atomic E-state index is 0.0430. The van der Waals surface area contributed by atoms with Gasteiger partial charge in [-0.05, 0) is 43.9 Å². The van der Waals surface area contributed by atoms with Crippen LogP contribution >= 0.6 is 15.9 Å². The summed E-state index contributed by atoms with van der Waals surface area (Å²) in [5, 5.41) is 0. The number of piperidine rings is 1. The van der Waals surface area contributed by atoms with E-state index in [1.165, 1.54) is 6.42 Å². The lowest BCUT2D eigenvalue weighted by Gasteiger charge is -2.26. The number of carbonyl (C=O) groups is 1. The van der Waals surface area contributed by atoms with Crippen molar-refractivity contribution in [3.05, 3.63) is 22.2 Å². The van der Waals surface area contributed by atoms with Gasteiger partial charge in [0.15, 0.2) is 6.61 Å². The minimum atomic E-state index is 0.0430. The van der Waals surface area contributed by atoms with E-state index in [1.807, 2.05) is 17.9 Å². The number of benzene rings is 1. The van der Waals surface area contributed by atoms with E-state index in [0.717, 1.165) is 36.0 Å². The number of likely N-dealkylation sites (tertiary alicyclic amines) is 1. The van der Waals surface area contributed by atoms with Gasteiger partial charge < -0.3 is 15.4 Å². The molecular formula is C14H19BrN2O2. The third-order valence-electron chi connectivity index (χ3n) is 3.32. The molecule has 0 atom stereocenters. The summed E-state index contributed by atoms with van der Waals surface area (Å²) in [4.78, 5) is 13.9. The fourth-order valence-corrected chi connectivity index (χ4v) is 2.91. The van der Waals surface area contributed by atoms with Gasteiger partial charge in [-0.15, -0.1) is 0 Å². The molecule has 1 aromatic rings. The Balaban J connectivity index is 1.96. The fourth-order valence-electron chi connectivity index (χ4n) is 2.32. The predicted octanol–water partition coefficient (Wildman–Crippen LogP) is 2.73. The van der Waals surface area contributed by atoms with Crippen molar-refractivity contribution in [2.45, 2.75) is 26.2 Å². The van der Waals surface area contributed by atoms with Crippen molar-refractivity contribution < 1.29 is 9.53 Å². The Morgan fingerprint density at radius 2 is 2.05 bits per heavy atom. The number of carbonyl (C=O) groups excluding carboxylic acids is 1. The Morgan fingerprint density at radius 1 is 1.37 bits per heavy atom. The topological polar surface area (TPSA) is 55.6 Å². The summed E-state index contributed by atoms with van der Waals surface area (Å²) >= 11 is 3.38. The predicted molar refractivity (Wildman–Crippen MR) is 79.2 cm³/mol. The molecule has 1 aliphatic heterocycles. The van der Waals surface area contributed by atoms with Crippen LogP contribution < -0.4 is 10.5 Å². The van der Waals surface area contributed by atoms with Crippen molar-refractivity contribution >= 4 is 27.5 Å². The molecular weight excluding hydrogens is 308 g/mol. The number of aryl methyl sites for hydroxylation is 1. The standard InChI is InChI=1S/C14H19BrN2O2/c1-10-7-11(15)8-12(16)14(10)19-9-13(18)17-5-3-2-4-6-17/h7-8H,2-6,9,16H2,1H3. The molecule has 1 aliphatic rings. The molecule has 0 aliphatic carbocycles. The van der Waals surface area contributed by atoms with Crippen LogP contribution in [0.5, 0.6) is 5.75 Å². The van der Waals surface area contributed by atoms with Crippen LogP contribution in [0.1, 0.15) is 24.8 Å². The molecule has 0 saturated carbocycles. The van der Waals surface area contributed by atoms with E-state index in [4.69, 9.17) is 10.5 Å². The van der Waals surface area contributed by atoms with Crippen molar-refractivity contribution in [1.29, 1.82) is 0 Å². The molecule has 4 nitrogen and oxygen atoms in total. The number of anilines is 1. The Bertz CT molecular complexity index is 448. The van der Waals surface area contributed by atoms with Crippen LogP contribution in [0.3, 0.4) is 0 Å². The number of nitrogens with zero attached hydrogens (tertiary/aromatic N) is 1. The van der Waals surface area contributed by atoms with E-state index in [1.54, 1.807) is 6.07 Å². The molecule has 1 amide bonds. The highest BCUT2D eigenvalue weighted by Crippen LogP contribution is 2.30. The molecule has 19 heavy (non-hydrogen) atoms. The van der Waals surface area contributed by atoms with Gasteiger partial charge >= 0.3 is 0 Å². The van der Waals surface area contributed by atoms with Crippen LogP contribution in [0.2, 0.25) is 0 Å². The molecule has 0 aromatic heterocycles. The van der Waals surface area contributed by atoms with E-state index in [0.29, 0.717) is 11.4 Å². The van der Waals surface area contributed by atoms with Gasteiger partial charge in [0.05, 0.1) is 5.69 Å². The molecule has 1 saturated heterocycles. The Labute approximate surface area is 122 Å².